The SMILES string of the molecule is COc1cccc(Oc2ccc(C(F)(F)F)cc2NC(=O)Cn2cnc3ccc(F)cc3c2=O)c1. The van der Waals surface area contributed by atoms with E-state index in [1.54, 1.807) is 18.2 Å². The molecule has 0 aliphatic heterocycles. The van der Waals surface area contributed by atoms with Crippen LogP contribution in [0.15, 0.2) is 71.8 Å². The summed E-state index contributed by atoms with van der Waals surface area (Å²) in [6.07, 6.45) is -3.57. The predicted octanol–water partition coefficient (Wildman–Crippen LogP) is 4.99. The largest absolute Gasteiger partial charge is 0.497 e. The number of halogens is 4. The lowest BCUT2D eigenvalue weighted by molar-refractivity contribution is -0.137. The summed E-state index contributed by atoms with van der Waals surface area (Å²) in [4.78, 5) is 29.3. The molecule has 0 aliphatic carbocycles. The molecule has 0 saturated heterocycles. The average molecular weight is 487 g/mol. The van der Waals surface area contributed by atoms with Gasteiger partial charge in [0.05, 0.1) is 35.6 Å². The van der Waals surface area contributed by atoms with Crippen LogP contribution in [-0.2, 0) is 17.5 Å². The van der Waals surface area contributed by atoms with Crippen LogP contribution < -0.4 is 20.3 Å². The Labute approximate surface area is 195 Å². The first-order valence-electron chi connectivity index (χ1n) is 10.1. The molecule has 4 rings (SSSR count). The molecule has 0 bridgehead atoms. The monoisotopic (exact) mass is 487 g/mol. The van der Waals surface area contributed by atoms with Gasteiger partial charge in [-0.1, -0.05) is 6.07 Å². The number of carbonyl (C=O) groups excluding carboxylic acids is 1. The quantitative estimate of drug-likeness (QED) is 0.388. The molecular weight excluding hydrogens is 470 g/mol. The van der Waals surface area contributed by atoms with E-state index >= 15 is 0 Å². The molecule has 0 unspecified atom stereocenters. The van der Waals surface area contributed by atoms with Gasteiger partial charge in [-0.15, -0.1) is 0 Å². The molecule has 1 heterocycles. The zero-order chi connectivity index (χ0) is 25.2. The third-order valence-corrected chi connectivity index (χ3v) is 4.95. The van der Waals surface area contributed by atoms with Gasteiger partial charge >= 0.3 is 6.18 Å². The summed E-state index contributed by atoms with van der Waals surface area (Å²) in [6.45, 7) is -0.576. The van der Waals surface area contributed by atoms with Crippen molar-refractivity contribution in [1.82, 2.24) is 9.55 Å². The van der Waals surface area contributed by atoms with Crippen LogP contribution in [-0.4, -0.2) is 22.6 Å². The number of aromatic nitrogens is 2. The Bertz CT molecular complexity index is 1470. The molecular formula is C24H17F4N3O4. The number of carbonyl (C=O) groups is 1. The number of amides is 1. The van der Waals surface area contributed by atoms with Gasteiger partial charge < -0.3 is 14.8 Å². The second-order valence-corrected chi connectivity index (χ2v) is 7.38. The third kappa shape index (κ3) is 5.40. The Hall–Kier alpha value is -4.41. The summed E-state index contributed by atoms with van der Waals surface area (Å²) >= 11 is 0. The van der Waals surface area contributed by atoms with Crippen molar-refractivity contribution in [2.24, 2.45) is 0 Å². The molecule has 3 aromatic carbocycles. The van der Waals surface area contributed by atoms with Crippen molar-refractivity contribution >= 4 is 22.5 Å². The summed E-state index contributed by atoms with van der Waals surface area (Å²) in [5.41, 5.74) is -1.72. The minimum absolute atomic E-state index is 0.0404. The number of hydrogen-bond acceptors (Lipinski definition) is 5. The molecule has 0 fully saturated rings. The van der Waals surface area contributed by atoms with E-state index in [1.165, 1.54) is 19.2 Å². The van der Waals surface area contributed by atoms with Crippen molar-refractivity contribution in [2.75, 3.05) is 12.4 Å². The summed E-state index contributed by atoms with van der Waals surface area (Å²) < 4.78 is 65.1. The lowest BCUT2D eigenvalue weighted by Crippen LogP contribution is -2.28. The van der Waals surface area contributed by atoms with E-state index in [9.17, 15) is 27.2 Å². The number of rotatable bonds is 6. The maximum Gasteiger partial charge on any atom is 0.416 e. The van der Waals surface area contributed by atoms with Crippen LogP contribution in [0, 0.1) is 5.82 Å². The number of alkyl halides is 3. The van der Waals surface area contributed by atoms with E-state index in [-0.39, 0.29) is 28.1 Å². The number of nitrogens with zero attached hydrogens (tertiary/aromatic N) is 2. The molecule has 0 atom stereocenters. The van der Waals surface area contributed by atoms with E-state index in [1.807, 2.05) is 0 Å². The molecule has 7 nitrogen and oxygen atoms in total. The van der Waals surface area contributed by atoms with Gasteiger partial charge in [0.1, 0.15) is 23.9 Å². The molecule has 0 radical (unpaired) electrons. The number of fused-ring (bicyclic) bond motifs is 1. The highest BCUT2D eigenvalue weighted by Crippen LogP contribution is 2.37. The van der Waals surface area contributed by atoms with Gasteiger partial charge in [0.15, 0.2) is 5.75 Å². The van der Waals surface area contributed by atoms with Crippen molar-refractivity contribution in [1.29, 1.82) is 0 Å². The molecule has 1 aromatic heterocycles. The van der Waals surface area contributed by atoms with Gasteiger partial charge in [-0.2, -0.15) is 13.2 Å². The van der Waals surface area contributed by atoms with Crippen LogP contribution in [0.5, 0.6) is 17.2 Å². The number of methoxy groups -OCH3 is 1. The third-order valence-electron chi connectivity index (χ3n) is 4.95. The summed E-state index contributed by atoms with van der Waals surface area (Å²) in [5.74, 6) is -0.816. The van der Waals surface area contributed by atoms with Gasteiger partial charge in [0.25, 0.3) is 5.56 Å². The molecule has 180 valence electrons. The van der Waals surface area contributed by atoms with Crippen LogP contribution in [0.3, 0.4) is 0 Å². The van der Waals surface area contributed by atoms with Crippen molar-refractivity contribution < 1.29 is 31.8 Å². The predicted molar refractivity (Wildman–Crippen MR) is 119 cm³/mol. The number of nitrogens with one attached hydrogen (secondary N) is 1. The molecule has 0 saturated carbocycles. The minimum Gasteiger partial charge on any atom is -0.497 e. The minimum atomic E-state index is -4.67. The highest BCUT2D eigenvalue weighted by atomic mass is 19.4. The number of benzene rings is 3. The Morgan fingerprint density at radius 2 is 1.83 bits per heavy atom. The fourth-order valence-electron chi connectivity index (χ4n) is 3.27. The van der Waals surface area contributed by atoms with E-state index in [4.69, 9.17) is 9.47 Å². The fraction of sp³-hybridized carbons (Fsp3) is 0.125. The van der Waals surface area contributed by atoms with Gasteiger partial charge in [-0.05, 0) is 48.5 Å². The first-order valence-corrected chi connectivity index (χ1v) is 10.1. The molecule has 0 aliphatic rings. The molecule has 1 amide bonds. The molecule has 1 N–H and O–H groups in total. The Kier molecular flexibility index (Phi) is 6.41. The zero-order valence-electron chi connectivity index (χ0n) is 18.1. The van der Waals surface area contributed by atoms with Crippen molar-refractivity contribution in [3.05, 3.63) is 88.7 Å². The van der Waals surface area contributed by atoms with Crippen LogP contribution in [0.1, 0.15) is 5.56 Å². The van der Waals surface area contributed by atoms with Crippen LogP contribution >= 0.6 is 0 Å². The van der Waals surface area contributed by atoms with Crippen molar-refractivity contribution in [3.8, 4) is 17.2 Å². The average Bonchev–Trinajstić information content (AvgIpc) is 2.82. The van der Waals surface area contributed by atoms with Gasteiger partial charge in [0.2, 0.25) is 5.91 Å². The maximum atomic E-state index is 13.5. The van der Waals surface area contributed by atoms with Crippen LogP contribution in [0.2, 0.25) is 0 Å². The van der Waals surface area contributed by atoms with Crippen LogP contribution in [0.4, 0.5) is 23.2 Å². The first-order chi connectivity index (χ1) is 16.6. The van der Waals surface area contributed by atoms with Gasteiger partial charge in [0, 0.05) is 6.07 Å². The summed E-state index contributed by atoms with van der Waals surface area (Å²) in [5, 5.41) is 2.31. The molecule has 11 heteroatoms. The smallest absolute Gasteiger partial charge is 0.416 e. The second-order valence-electron chi connectivity index (χ2n) is 7.38. The highest BCUT2D eigenvalue weighted by Gasteiger charge is 2.31. The van der Waals surface area contributed by atoms with Crippen molar-refractivity contribution in [3.63, 3.8) is 0 Å². The molecule has 0 spiro atoms. The first kappa shape index (κ1) is 23.7. The lowest BCUT2D eigenvalue weighted by atomic mass is 10.1. The number of hydrogen-bond donors (Lipinski definition) is 1. The van der Waals surface area contributed by atoms with Crippen LogP contribution in [0.25, 0.3) is 10.9 Å². The standard InChI is InChI=1S/C24H17F4N3O4/c1-34-16-3-2-4-17(11-16)35-21-8-5-14(24(26,27)28)9-20(21)30-22(32)12-31-13-29-19-7-6-15(25)10-18(19)23(31)33/h2-11,13H,12H2,1H3,(H,30,32). The van der Waals surface area contributed by atoms with Gasteiger partial charge in [-0.3, -0.25) is 14.2 Å². The van der Waals surface area contributed by atoms with E-state index in [0.29, 0.717) is 5.75 Å². The lowest BCUT2D eigenvalue weighted by Gasteiger charge is -2.16. The summed E-state index contributed by atoms with van der Waals surface area (Å²) in [7, 11) is 1.45. The maximum absolute atomic E-state index is 13.5. The Balaban J connectivity index is 1.63. The Morgan fingerprint density at radius 3 is 2.57 bits per heavy atom. The molecule has 4 aromatic rings. The van der Waals surface area contributed by atoms with Gasteiger partial charge in [-0.25, -0.2) is 9.37 Å². The van der Waals surface area contributed by atoms with E-state index < -0.39 is 35.6 Å². The Morgan fingerprint density at radius 1 is 1.06 bits per heavy atom. The topological polar surface area (TPSA) is 82.4 Å². The fourth-order valence-corrected chi connectivity index (χ4v) is 3.27. The van der Waals surface area contributed by atoms with Crippen molar-refractivity contribution in [2.45, 2.75) is 12.7 Å². The normalized spacial score (nSPS) is 11.3. The zero-order valence-corrected chi connectivity index (χ0v) is 18.1. The van der Waals surface area contributed by atoms with E-state index in [2.05, 4.69) is 10.3 Å². The molecule has 35 heavy (non-hydrogen) atoms. The number of ether oxygens (including phenoxy) is 2. The summed E-state index contributed by atoms with van der Waals surface area (Å²) in [6, 6.07) is 12.4. The number of anilines is 1. The second kappa shape index (κ2) is 9.45. The van der Waals surface area contributed by atoms with E-state index in [0.717, 1.165) is 41.2 Å². The highest BCUT2D eigenvalue weighted by molar-refractivity contribution is 5.92.